The van der Waals surface area contributed by atoms with Crippen molar-refractivity contribution in [1.82, 2.24) is 0 Å². The minimum Gasteiger partial charge on any atom is -0.376 e. The Bertz CT molecular complexity index is 783. The average molecular weight is 312 g/mol. The third-order valence-electron chi connectivity index (χ3n) is 2.64. The van der Waals surface area contributed by atoms with Gasteiger partial charge in [-0.1, -0.05) is 12.1 Å². The summed E-state index contributed by atoms with van der Waals surface area (Å²) in [6.07, 6.45) is 0. The standard InChI is InChI=1S/C14H10F2O4S/c1-9(17)10-2-5-12(6-3-10)21(18,19)20-14-7-4-11(15)8-13(14)16/h2-8H,1H3. The Morgan fingerprint density at radius 3 is 2.19 bits per heavy atom. The Morgan fingerprint density at radius 1 is 1.05 bits per heavy atom. The molecule has 0 radical (unpaired) electrons. The second kappa shape index (κ2) is 5.61. The van der Waals surface area contributed by atoms with Gasteiger partial charge in [-0.3, -0.25) is 4.79 Å². The molecule has 4 nitrogen and oxygen atoms in total. The first-order valence-corrected chi connectivity index (χ1v) is 7.21. The number of hydrogen-bond donors (Lipinski definition) is 0. The fourth-order valence-electron chi connectivity index (χ4n) is 1.57. The number of ketones is 1. The monoisotopic (exact) mass is 312 g/mol. The molecule has 0 aliphatic rings. The molecule has 0 bridgehead atoms. The van der Waals surface area contributed by atoms with Crippen LogP contribution in [-0.2, 0) is 10.1 Å². The highest BCUT2D eigenvalue weighted by atomic mass is 32.2. The fraction of sp³-hybridized carbons (Fsp3) is 0.0714. The van der Waals surface area contributed by atoms with Gasteiger partial charge in [-0.05, 0) is 31.2 Å². The van der Waals surface area contributed by atoms with Crippen molar-refractivity contribution in [3.63, 3.8) is 0 Å². The number of halogens is 2. The third kappa shape index (κ3) is 3.43. The van der Waals surface area contributed by atoms with E-state index in [1.54, 1.807) is 0 Å². The Labute approximate surface area is 120 Å². The minimum absolute atomic E-state index is 0.218. The molecular formula is C14H10F2O4S. The summed E-state index contributed by atoms with van der Waals surface area (Å²) in [5.74, 6) is -2.79. The second-order valence-corrected chi connectivity index (χ2v) is 5.74. The quantitative estimate of drug-likeness (QED) is 0.643. The van der Waals surface area contributed by atoms with Crippen LogP contribution in [0.25, 0.3) is 0 Å². The van der Waals surface area contributed by atoms with E-state index in [1.807, 2.05) is 0 Å². The predicted molar refractivity (Wildman–Crippen MR) is 70.6 cm³/mol. The van der Waals surface area contributed by atoms with Crippen molar-refractivity contribution in [2.75, 3.05) is 0 Å². The second-order valence-electron chi connectivity index (χ2n) is 4.19. The van der Waals surface area contributed by atoms with E-state index < -0.39 is 27.5 Å². The molecule has 21 heavy (non-hydrogen) atoms. The van der Waals surface area contributed by atoms with Crippen LogP contribution in [0, 0.1) is 11.6 Å². The zero-order chi connectivity index (χ0) is 15.6. The maximum Gasteiger partial charge on any atom is 0.339 e. The van der Waals surface area contributed by atoms with E-state index in [-0.39, 0.29) is 10.7 Å². The topological polar surface area (TPSA) is 60.4 Å². The Kier molecular flexibility index (Phi) is 4.04. The average Bonchev–Trinajstić information content (AvgIpc) is 2.42. The highest BCUT2D eigenvalue weighted by Gasteiger charge is 2.19. The van der Waals surface area contributed by atoms with Gasteiger partial charge in [-0.25, -0.2) is 8.78 Å². The molecule has 2 aromatic carbocycles. The normalized spacial score (nSPS) is 11.2. The summed E-state index contributed by atoms with van der Waals surface area (Å²) in [7, 11) is -4.26. The van der Waals surface area contributed by atoms with Crippen LogP contribution in [0.1, 0.15) is 17.3 Å². The first kappa shape index (κ1) is 15.1. The lowest BCUT2D eigenvalue weighted by Crippen LogP contribution is -2.11. The van der Waals surface area contributed by atoms with Gasteiger partial charge in [0, 0.05) is 11.6 Å². The van der Waals surface area contributed by atoms with Crippen molar-refractivity contribution in [1.29, 1.82) is 0 Å². The molecular weight excluding hydrogens is 302 g/mol. The fourth-order valence-corrected chi connectivity index (χ4v) is 2.50. The van der Waals surface area contributed by atoms with Crippen molar-refractivity contribution in [2.45, 2.75) is 11.8 Å². The van der Waals surface area contributed by atoms with Gasteiger partial charge in [0.1, 0.15) is 10.7 Å². The molecule has 0 spiro atoms. The number of carbonyl (C=O) groups excluding carboxylic acids is 1. The van der Waals surface area contributed by atoms with Crippen LogP contribution >= 0.6 is 0 Å². The molecule has 0 aromatic heterocycles. The van der Waals surface area contributed by atoms with Crippen molar-refractivity contribution < 1.29 is 26.2 Å². The molecule has 0 fully saturated rings. The maximum atomic E-state index is 13.4. The van der Waals surface area contributed by atoms with Gasteiger partial charge >= 0.3 is 10.1 Å². The molecule has 7 heteroatoms. The van der Waals surface area contributed by atoms with Crippen LogP contribution in [0.5, 0.6) is 5.75 Å². The van der Waals surface area contributed by atoms with Gasteiger partial charge in [0.2, 0.25) is 0 Å². The smallest absolute Gasteiger partial charge is 0.339 e. The summed E-state index contributed by atoms with van der Waals surface area (Å²) in [5.41, 5.74) is 0.335. The third-order valence-corrected chi connectivity index (χ3v) is 3.89. The highest BCUT2D eigenvalue weighted by Crippen LogP contribution is 2.23. The van der Waals surface area contributed by atoms with Crippen LogP contribution in [0.15, 0.2) is 47.4 Å². The van der Waals surface area contributed by atoms with Gasteiger partial charge in [-0.15, -0.1) is 0 Å². The molecule has 2 aromatic rings. The number of benzene rings is 2. The molecule has 110 valence electrons. The minimum atomic E-state index is -4.26. The molecule has 0 heterocycles. The zero-order valence-electron chi connectivity index (χ0n) is 10.8. The lowest BCUT2D eigenvalue weighted by Gasteiger charge is -2.08. The predicted octanol–water partition coefficient (Wildman–Crippen LogP) is 2.94. The van der Waals surface area contributed by atoms with Crippen LogP contribution < -0.4 is 4.18 Å². The van der Waals surface area contributed by atoms with Crippen LogP contribution in [-0.4, -0.2) is 14.2 Å². The number of carbonyl (C=O) groups is 1. The zero-order valence-corrected chi connectivity index (χ0v) is 11.7. The van der Waals surface area contributed by atoms with Crippen LogP contribution in [0.2, 0.25) is 0 Å². The summed E-state index contributed by atoms with van der Waals surface area (Å²) in [4.78, 5) is 10.9. The molecule has 0 aliphatic heterocycles. The highest BCUT2D eigenvalue weighted by molar-refractivity contribution is 7.87. The SMILES string of the molecule is CC(=O)c1ccc(S(=O)(=O)Oc2ccc(F)cc2F)cc1. The van der Waals surface area contributed by atoms with Gasteiger partial charge in [-0.2, -0.15) is 8.42 Å². The van der Waals surface area contributed by atoms with Crippen molar-refractivity contribution in [3.8, 4) is 5.75 Å². The molecule has 0 aliphatic carbocycles. The number of rotatable bonds is 4. The molecule has 0 saturated carbocycles. The van der Waals surface area contributed by atoms with E-state index in [4.69, 9.17) is 0 Å². The molecule has 0 unspecified atom stereocenters. The lowest BCUT2D eigenvalue weighted by molar-refractivity contribution is 0.101. The van der Waals surface area contributed by atoms with Crippen molar-refractivity contribution in [2.24, 2.45) is 0 Å². The van der Waals surface area contributed by atoms with Gasteiger partial charge < -0.3 is 4.18 Å². The molecule has 2 rings (SSSR count). The summed E-state index contributed by atoms with van der Waals surface area (Å²) in [6.45, 7) is 1.34. The molecule has 0 N–H and O–H groups in total. The first-order valence-electron chi connectivity index (χ1n) is 5.80. The summed E-state index contributed by atoms with van der Waals surface area (Å²) in [6, 6.07) is 7.27. The Morgan fingerprint density at radius 2 is 1.67 bits per heavy atom. The van der Waals surface area contributed by atoms with Gasteiger partial charge in [0.15, 0.2) is 17.3 Å². The summed E-state index contributed by atoms with van der Waals surface area (Å²) in [5, 5.41) is 0. The van der Waals surface area contributed by atoms with Crippen molar-refractivity contribution >= 4 is 15.9 Å². The molecule has 0 atom stereocenters. The van der Waals surface area contributed by atoms with Gasteiger partial charge in [0.05, 0.1) is 0 Å². The van der Waals surface area contributed by atoms with E-state index in [0.29, 0.717) is 11.6 Å². The first-order chi connectivity index (χ1) is 9.79. The largest absolute Gasteiger partial charge is 0.376 e. The Balaban J connectivity index is 2.31. The number of Topliss-reactive ketones (excluding diaryl/α,β-unsaturated/α-hetero) is 1. The Hall–Kier alpha value is -2.28. The van der Waals surface area contributed by atoms with E-state index in [0.717, 1.165) is 12.1 Å². The van der Waals surface area contributed by atoms with E-state index in [9.17, 15) is 22.0 Å². The number of hydrogen-bond acceptors (Lipinski definition) is 4. The summed E-state index contributed by atoms with van der Waals surface area (Å²) >= 11 is 0. The molecule has 0 saturated heterocycles. The van der Waals surface area contributed by atoms with Crippen LogP contribution in [0.3, 0.4) is 0 Å². The lowest BCUT2D eigenvalue weighted by atomic mass is 10.2. The van der Waals surface area contributed by atoms with Crippen LogP contribution in [0.4, 0.5) is 8.78 Å². The summed E-state index contributed by atoms with van der Waals surface area (Å²) < 4.78 is 54.7. The molecule has 0 amide bonds. The van der Waals surface area contributed by atoms with Crippen molar-refractivity contribution in [3.05, 3.63) is 59.7 Å². The van der Waals surface area contributed by atoms with E-state index in [2.05, 4.69) is 4.18 Å². The maximum absolute atomic E-state index is 13.4. The van der Waals surface area contributed by atoms with E-state index in [1.165, 1.54) is 31.2 Å². The van der Waals surface area contributed by atoms with Gasteiger partial charge in [0.25, 0.3) is 0 Å². The van der Waals surface area contributed by atoms with E-state index >= 15 is 0 Å².